The fraction of sp³-hybridized carbons (Fsp3) is 0. The summed E-state index contributed by atoms with van der Waals surface area (Å²) in [6.45, 7) is 0. The summed E-state index contributed by atoms with van der Waals surface area (Å²) in [6, 6.07) is 8.97. The van der Waals surface area contributed by atoms with Crippen LogP contribution in [0.25, 0.3) is 11.3 Å². The molecule has 0 aliphatic carbocycles. The first-order valence-corrected chi connectivity index (χ1v) is 10.5. The number of phenols is 2. The van der Waals surface area contributed by atoms with Gasteiger partial charge in [0.1, 0.15) is 16.0 Å². The smallest absolute Gasteiger partial charge is 0.245 e. The van der Waals surface area contributed by atoms with Crippen LogP contribution in [0.15, 0.2) is 53.5 Å². The van der Waals surface area contributed by atoms with Crippen LogP contribution in [0.2, 0.25) is 0 Å². The Morgan fingerprint density at radius 3 is 2.30 bits per heavy atom. The van der Waals surface area contributed by atoms with E-state index in [1.807, 2.05) is 24.3 Å². The van der Waals surface area contributed by atoms with Gasteiger partial charge in [-0.15, -0.1) is 0 Å². The number of hydrogen-bond acceptors (Lipinski definition) is 10. The van der Waals surface area contributed by atoms with E-state index < -0.39 is 0 Å². The van der Waals surface area contributed by atoms with Crippen LogP contribution in [-0.4, -0.2) is 36.7 Å². The maximum atomic E-state index is 10.2. The molecule has 0 amide bonds. The maximum absolute atomic E-state index is 10.2. The van der Waals surface area contributed by atoms with Crippen LogP contribution in [-0.2, 0) is 0 Å². The van der Waals surface area contributed by atoms with Crippen molar-refractivity contribution in [1.82, 2.24) is 20.3 Å². The van der Waals surface area contributed by atoms with E-state index in [1.165, 1.54) is 12.3 Å². The molecule has 4 N–H and O–H groups in total. The van der Waals surface area contributed by atoms with Crippen molar-refractivity contribution in [1.29, 1.82) is 0 Å². The van der Waals surface area contributed by atoms with E-state index in [0.717, 1.165) is 10.2 Å². The lowest BCUT2D eigenvalue weighted by Crippen LogP contribution is -2.03. The zero-order chi connectivity index (χ0) is 21.3. The van der Waals surface area contributed by atoms with Gasteiger partial charge in [-0.25, -0.2) is 9.61 Å². The zero-order valence-electron chi connectivity index (χ0n) is 14.6. The van der Waals surface area contributed by atoms with Crippen molar-refractivity contribution in [2.24, 2.45) is 5.10 Å². The van der Waals surface area contributed by atoms with Gasteiger partial charge in [-0.05, 0) is 72.5 Å². The van der Waals surface area contributed by atoms with Gasteiger partial charge in [0.2, 0.25) is 11.3 Å². The minimum Gasteiger partial charge on any atom is -0.506 e. The van der Waals surface area contributed by atoms with Crippen molar-refractivity contribution in [3.8, 4) is 11.5 Å². The van der Waals surface area contributed by atoms with E-state index in [0.29, 0.717) is 15.9 Å². The van der Waals surface area contributed by atoms with Crippen molar-refractivity contribution in [3.63, 3.8) is 0 Å². The van der Waals surface area contributed by atoms with Gasteiger partial charge < -0.3 is 15.5 Å². The Morgan fingerprint density at radius 1 is 0.933 bits per heavy atom. The lowest BCUT2D eigenvalue weighted by atomic mass is 10.2. The molecule has 0 radical (unpaired) electrons. The molecule has 2 aromatic carbocycles. The number of aromatic hydroxyl groups is 2. The third kappa shape index (κ3) is 4.22. The normalized spacial score (nSPS) is 11.3. The molecule has 2 heterocycles. The highest BCUT2D eigenvalue weighted by atomic mass is 79.9. The van der Waals surface area contributed by atoms with Crippen molar-refractivity contribution in [2.45, 2.75) is 0 Å². The Morgan fingerprint density at radius 2 is 1.60 bits per heavy atom. The molecule has 2 aromatic heterocycles. The number of hydrazone groups is 1. The molecule has 0 aliphatic rings. The van der Waals surface area contributed by atoms with Crippen LogP contribution >= 0.6 is 47.8 Å². The number of benzene rings is 2. The number of nitrogens with one attached hydrogen (secondary N) is 2. The molecule has 10 nitrogen and oxygen atoms in total. The second kappa shape index (κ2) is 8.53. The Bertz CT molecular complexity index is 1260. The average Bonchev–Trinajstić information content (AvgIpc) is 3.19. The second-order valence-corrected chi connectivity index (χ2v) is 8.36. The number of halogens is 3. The third-order valence-electron chi connectivity index (χ3n) is 3.79. The number of fused-ring (bicyclic) bond motifs is 1. The van der Waals surface area contributed by atoms with E-state index in [9.17, 15) is 10.2 Å². The zero-order valence-corrected chi connectivity index (χ0v) is 19.4. The molecule has 0 atom stereocenters. The van der Waals surface area contributed by atoms with Crippen LogP contribution < -0.4 is 10.7 Å². The van der Waals surface area contributed by atoms with Crippen molar-refractivity contribution in [2.75, 3.05) is 10.7 Å². The first-order valence-electron chi connectivity index (χ1n) is 8.14. The van der Waals surface area contributed by atoms with Crippen LogP contribution in [0.3, 0.4) is 0 Å². The molecule has 4 aromatic rings. The predicted molar refractivity (Wildman–Crippen MR) is 121 cm³/mol. The molecule has 0 saturated carbocycles. The lowest BCUT2D eigenvalue weighted by molar-refractivity contribution is 0.314. The fourth-order valence-corrected chi connectivity index (χ4v) is 3.77. The quantitative estimate of drug-likeness (QED) is 0.186. The van der Waals surface area contributed by atoms with Gasteiger partial charge in [-0.3, -0.25) is 5.43 Å². The van der Waals surface area contributed by atoms with Gasteiger partial charge in [-0.2, -0.15) is 10.1 Å². The summed E-state index contributed by atoms with van der Waals surface area (Å²) in [5.74, 6) is 0.314. The highest BCUT2D eigenvalue weighted by molar-refractivity contribution is 9.11. The number of phenolic OH excluding ortho intramolecular Hbond substituents is 2. The van der Waals surface area contributed by atoms with Gasteiger partial charge in [0.25, 0.3) is 0 Å². The highest BCUT2D eigenvalue weighted by Gasteiger charge is 2.14. The summed E-state index contributed by atoms with van der Waals surface area (Å²) < 4.78 is 6.14. The minimum atomic E-state index is -0.170. The molecular weight excluding hydrogens is 590 g/mol. The maximum Gasteiger partial charge on any atom is 0.245 e. The van der Waals surface area contributed by atoms with Crippen molar-refractivity contribution in [3.05, 3.63) is 49.3 Å². The third-order valence-corrected chi connectivity index (χ3v) is 5.68. The molecule has 13 heteroatoms. The van der Waals surface area contributed by atoms with Gasteiger partial charge in [0, 0.05) is 15.7 Å². The molecule has 30 heavy (non-hydrogen) atoms. The molecule has 0 spiro atoms. The van der Waals surface area contributed by atoms with Gasteiger partial charge in [0.05, 0.1) is 10.7 Å². The molecular formula is C17H10Br3N7O3. The van der Waals surface area contributed by atoms with E-state index in [2.05, 4.69) is 88.5 Å². The number of aromatic nitrogens is 4. The van der Waals surface area contributed by atoms with Crippen LogP contribution in [0.1, 0.15) is 5.56 Å². The fourth-order valence-electron chi connectivity index (χ4n) is 2.35. The van der Waals surface area contributed by atoms with E-state index >= 15 is 0 Å². The Hall–Kier alpha value is -2.77. The number of nitrogens with zero attached hydrogens (tertiary/aromatic N) is 5. The Kier molecular flexibility index (Phi) is 5.83. The molecule has 0 saturated heterocycles. The first-order chi connectivity index (χ1) is 14.4. The van der Waals surface area contributed by atoms with Gasteiger partial charge in [0.15, 0.2) is 11.6 Å². The SMILES string of the molecule is Oc1c(Br)cc(C=NNc2nc3nonc3nc2Nc2ccc(Br)cc2)c(O)c1Br. The largest absolute Gasteiger partial charge is 0.506 e. The van der Waals surface area contributed by atoms with E-state index in [1.54, 1.807) is 0 Å². The predicted octanol–water partition coefficient (Wildman–Crippen LogP) is 4.90. The monoisotopic (exact) mass is 597 g/mol. The number of anilines is 3. The van der Waals surface area contributed by atoms with Gasteiger partial charge in [-0.1, -0.05) is 15.9 Å². The lowest BCUT2D eigenvalue weighted by Gasteiger charge is -2.09. The average molecular weight is 600 g/mol. The standard InChI is InChI=1S/C17H10Br3N7O3/c18-8-1-3-9(4-2-8)22-14-15(24-17-16(23-14)26-30-27-17)25-21-6-7-5-10(19)13(29)11(20)12(7)28/h1-6,28-29H,(H,22,23,26)(H,24,25,27). The van der Waals surface area contributed by atoms with E-state index in [4.69, 9.17) is 0 Å². The van der Waals surface area contributed by atoms with Crippen molar-refractivity contribution < 1.29 is 14.8 Å². The summed E-state index contributed by atoms with van der Waals surface area (Å²) in [4.78, 5) is 8.65. The first kappa shape index (κ1) is 20.5. The van der Waals surface area contributed by atoms with Crippen LogP contribution in [0.4, 0.5) is 17.3 Å². The van der Waals surface area contributed by atoms with Crippen molar-refractivity contribution >= 4 is 82.6 Å². The van der Waals surface area contributed by atoms with Crippen LogP contribution in [0.5, 0.6) is 11.5 Å². The summed E-state index contributed by atoms with van der Waals surface area (Å²) in [7, 11) is 0. The molecule has 0 aliphatic heterocycles. The highest BCUT2D eigenvalue weighted by Crippen LogP contribution is 2.40. The summed E-state index contributed by atoms with van der Waals surface area (Å²) in [5, 5.41) is 34.6. The molecule has 0 bridgehead atoms. The Balaban J connectivity index is 1.65. The summed E-state index contributed by atoms with van der Waals surface area (Å²) in [6.07, 6.45) is 1.36. The number of hydrogen-bond donors (Lipinski definition) is 4. The summed E-state index contributed by atoms with van der Waals surface area (Å²) in [5.41, 5.74) is 4.31. The molecule has 152 valence electrons. The topological polar surface area (TPSA) is 142 Å². The minimum absolute atomic E-state index is 0.117. The Labute approximate surface area is 193 Å². The van der Waals surface area contributed by atoms with E-state index in [-0.39, 0.29) is 33.1 Å². The number of rotatable bonds is 5. The van der Waals surface area contributed by atoms with Gasteiger partial charge >= 0.3 is 0 Å². The molecule has 0 fully saturated rings. The molecule has 4 rings (SSSR count). The molecule has 0 unspecified atom stereocenters. The second-order valence-electron chi connectivity index (χ2n) is 5.79. The summed E-state index contributed by atoms with van der Waals surface area (Å²) >= 11 is 9.72. The van der Waals surface area contributed by atoms with Crippen LogP contribution in [0, 0.1) is 0 Å².